The van der Waals surface area contributed by atoms with Gasteiger partial charge in [0, 0.05) is 43.6 Å². The fourth-order valence-corrected chi connectivity index (χ4v) is 3.99. The largest absolute Gasteiger partial charge is 0.481 e. The third-order valence-corrected chi connectivity index (χ3v) is 5.57. The van der Waals surface area contributed by atoms with E-state index in [9.17, 15) is 0 Å². The number of anilines is 2. The molecule has 2 fully saturated rings. The number of methoxy groups -OCH3 is 1. The van der Waals surface area contributed by atoms with Crippen molar-refractivity contribution in [3.05, 3.63) is 43.2 Å². The molecule has 0 amide bonds. The molecule has 0 radical (unpaired) electrons. The minimum absolute atomic E-state index is 0.459. The van der Waals surface area contributed by atoms with Crippen molar-refractivity contribution >= 4 is 11.6 Å². The van der Waals surface area contributed by atoms with Crippen LogP contribution >= 0.6 is 0 Å². The molecule has 9 nitrogen and oxygen atoms in total. The highest BCUT2D eigenvalue weighted by Gasteiger charge is 2.36. The highest BCUT2D eigenvalue weighted by molar-refractivity contribution is 5.46. The highest BCUT2D eigenvalue weighted by Crippen LogP contribution is 2.36. The van der Waals surface area contributed by atoms with Crippen molar-refractivity contribution in [1.82, 2.24) is 29.7 Å². The van der Waals surface area contributed by atoms with Crippen LogP contribution in [0.2, 0.25) is 0 Å². The lowest BCUT2D eigenvalue weighted by atomic mass is 10.0. The first-order chi connectivity index (χ1) is 14.3. The fourth-order valence-electron chi connectivity index (χ4n) is 3.99. The van der Waals surface area contributed by atoms with Gasteiger partial charge < -0.3 is 14.5 Å². The summed E-state index contributed by atoms with van der Waals surface area (Å²) in [4.78, 5) is 22.6. The predicted octanol–water partition coefficient (Wildman–Crippen LogP) is 2.10. The number of nitrogens with zero attached hydrogens (tertiary/aromatic N) is 8. The average molecular weight is 392 g/mol. The van der Waals surface area contributed by atoms with E-state index in [0.29, 0.717) is 18.0 Å². The Morgan fingerprint density at radius 3 is 2.55 bits per heavy atom. The van der Waals surface area contributed by atoms with Gasteiger partial charge in [0.2, 0.25) is 5.88 Å². The molecule has 0 atom stereocenters. The van der Waals surface area contributed by atoms with Crippen molar-refractivity contribution in [3.63, 3.8) is 0 Å². The summed E-state index contributed by atoms with van der Waals surface area (Å²) in [6.45, 7) is 1.88. The molecule has 1 saturated heterocycles. The molecule has 1 aliphatic carbocycles. The van der Waals surface area contributed by atoms with Crippen LogP contribution in [-0.4, -0.2) is 62.0 Å². The van der Waals surface area contributed by atoms with Gasteiger partial charge in [-0.1, -0.05) is 0 Å². The summed E-state index contributed by atoms with van der Waals surface area (Å²) in [5.41, 5.74) is 0. The molecule has 0 unspecified atom stereocenters. The van der Waals surface area contributed by atoms with E-state index in [1.54, 1.807) is 30.5 Å². The van der Waals surface area contributed by atoms with Crippen LogP contribution in [0.25, 0.3) is 5.82 Å². The first kappa shape index (κ1) is 17.8. The summed E-state index contributed by atoms with van der Waals surface area (Å²) in [7, 11) is 1.64. The predicted molar refractivity (Wildman–Crippen MR) is 108 cm³/mol. The molecule has 1 aliphatic heterocycles. The Morgan fingerprint density at radius 1 is 1.03 bits per heavy atom. The van der Waals surface area contributed by atoms with Gasteiger partial charge in [-0.3, -0.25) is 4.98 Å². The SMILES string of the molecule is COc1cc(N(C2CC2)C2CCN(c3cncc(-n4cccn4)n3)CC2)ncn1. The number of piperidine rings is 1. The van der Waals surface area contributed by atoms with Gasteiger partial charge in [-0.2, -0.15) is 5.10 Å². The lowest BCUT2D eigenvalue weighted by Gasteiger charge is -2.39. The summed E-state index contributed by atoms with van der Waals surface area (Å²) in [6, 6.07) is 4.87. The van der Waals surface area contributed by atoms with Crippen LogP contribution in [0.5, 0.6) is 5.88 Å². The van der Waals surface area contributed by atoms with Gasteiger partial charge in [-0.15, -0.1) is 0 Å². The molecule has 0 N–H and O–H groups in total. The Bertz CT molecular complexity index is 951. The van der Waals surface area contributed by atoms with Crippen molar-refractivity contribution in [2.75, 3.05) is 30.0 Å². The maximum absolute atomic E-state index is 5.30. The van der Waals surface area contributed by atoms with Crippen LogP contribution < -0.4 is 14.5 Å². The van der Waals surface area contributed by atoms with Gasteiger partial charge in [0.1, 0.15) is 18.0 Å². The third kappa shape index (κ3) is 3.72. The Morgan fingerprint density at radius 2 is 1.83 bits per heavy atom. The van der Waals surface area contributed by atoms with Crippen molar-refractivity contribution in [2.24, 2.45) is 0 Å². The van der Waals surface area contributed by atoms with Crippen molar-refractivity contribution in [2.45, 2.75) is 37.8 Å². The summed E-state index contributed by atoms with van der Waals surface area (Å²) >= 11 is 0. The molecule has 4 heterocycles. The molecular weight excluding hydrogens is 368 g/mol. The number of hydrogen-bond acceptors (Lipinski definition) is 8. The molecule has 3 aromatic heterocycles. The van der Waals surface area contributed by atoms with E-state index in [0.717, 1.165) is 43.4 Å². The highest BCUT2D eigenvalue weighted by atomic mass is 16.5. The fraction of sp³-hybridized carbons (Fsp3) is 0.450. The zero-order chi connectivity index (χ0) is 19.6. The van der Waals surface area contributed by atoms with Gasteiger partial charge >= 0.3 is 0 Å². The third-order valence-electron chi connectivity index (χ3n) is 5.57. The van der Waals surface area contributed by atoms with Gasteiger partial charge in [-0.05, 0) is 31.7 Å². The normalized spacial score (nSPS) is 17.3. The topological polar surface area (TPSA) is 85.1 Å². The van der Waals surface area contributed by atoms with E-state index < -0.39 is 0 Å². The van der Waals surface area contributed by atoms with E-state index in [4.69, 9.17) is 9.72 Å². The first-order valence-corrected chi connectivity index (χ1v) is 10.0. The molecule has 9 heteroatoms. The van der Waals surface area contributed by atoms with E-state index in [1.807, 2.05) is 24.5 Å². The lowest BCUT2D eigenvalue weighted by molar-refractivity contribution is 0.395. The molecule has 150 valence electrons. The summed E-state index contributed by atoms with van der Waals surface area (Å²) in [5.74, 6) is 3.22. The van der Waals surface area contributed by atoms with Crippen LogP contribution in [0.1, 0.15) is 25.7 Å². The minimum atomic E-state index is 0.459. The maximum atomic E-state index is 5.30. The maximum Gasteiger partial charge on any atom is 0.218 e. The van der Waals surface area contributed by atoms with Crippen LogP contribution in [0.15, 0.2) is 43.2 Å². The van der Waals surface area contributed by atoms with Crippen molar-refractivity contribution in [3.8, 4) is 11.7 Å². The van der Waals surface area contributed by atoms with E-state index in [-0.39, 0.29) is 0 Å². The monoisotopic (exact) mass is 392 g/mol. The molecule has 2 aliphatic rings. The zero-order valence-corrected chi connectivity index (χ0v) is 16.4. The van der Waals surface area contributed by atoms with Gasteiger partial charge in [0.05, 0.1) is 19.5 Å². The minimum Gasteiger partial charge on any atom is -0.481 e. The molecule has 1 saturated carbocycles. The van der Waals surface area contributed by atoms with Gasteiger partial charge in [0.25, 0.3) is 0 Å². The van der Waals surface area contributed by atoms with Gasteiger partial charge in [0.15, 0.2) is 5.82 Å². The molecule has 29 heavy (non-hydrogen) atoms. The molecule has 0 aromatic carbocycles. The summed E-state index contributed by atoms with van der Waals surface area (Å²) in [5, 5.41) is 4.25. The van der Waals surface area contributed by atoms with Crippen LogP contribution in [0, 0.1) is 0 Å². The molecule has 5 rings (SSSR count). The quantitative estimate of drug-likeness (QED) is 0.630. The number of aromatic nitrogens is 6. The first-order valence-electron chi connectivity index (χ1n) is 10.0. The number of rotatable bonds is 6. The van der Waals surface area contributed by atoms with Gasteiger partial charge in [-0.25, -0.2) is 19.6 Å². The summed E-state index contributed by atoms with van der Waals surface area (Å²) < 4.78 is 7.04. The molecule has 0 bridgehead atoms. The standard InChI is InChI=1S/C20H24N8O/c1-29-20-11-17(22-14-23-20)28(15-3-4-15)16-5-9-26(10-6-16)18-12-21-13-19(25-18)27-8-2-7-24-27/h2,7-8,11-16H,3-6,9-10H2,1H3. The number of ether oxygens (including phenoxy) is 1. The Labute approximate surface area is 169 Å². The smallest absolute Gasteiger partial charge is 0.218 e. The van der Waals surface area contributed by atoms with Crippen molar-refractivity contribution in [1.29, 1.82) is 0 Å². The number of hydrogen-bond donors (Lipinski definition) is 0. The molecular formula is C20H24N8O. The Balaban J connectivity index is 1.30. The second kappa shape index (κ2) is 7.65. The van der Waals surface area contributed by atoms with Crippen LogP contribution in [0.4, 0.5) is 11.6 Å². The second-order valence-electron chi connectivity index (χ2n) is 7.46. The van der Waals surface area contributed by atoms with E-state index >= 15 is 0 Å². The average Bonchev–Trinajstić information content (AvgIpc) is 3.45. The molecule has 0 spiro atoms. The van der Waals surface area contributed by atoms with E-state index in [1.165, 1.54) is 12.8 Å². The van der Waals surface area contributed by atoms with Crippen LogP contribution in [-0.2, 0) is 0 Å². The lowest BCUT2D eigenvalue weighted by Crippen LogP contribution is -2.46. The Kier molecular flexibility index (Phi) is 4.71. The Hall–Kier alpha value is -3.23. The van der Waals surface area contributed by atoms with Crippen LogP contribution in [0.3, 0.4) is 0 Å². The second-order valence-corrected chi connectivity index (χ2v) is 7.46. The van der Waals surface area contributed by atoms with E-state index in [2.05, 4.69) is 29.9 Å². The van der Waals surface area contributed by atoms with Crippen molar-refractivity contribution < 1.29 is 4.74 Å². The molecule has 3 aromatic rings. The zero-order valence-electron chi connectivity index (χ0n) is 16.4. The summed E-state index contributed by atoms with van der Waals surface area (Å²) in [6.07, 6.45) is 13.3.